The maximum atomic E-state index is 10.6. The number of para-hydroxylation sites is 1. The molecule has 0 amide bonds. The number of rotatable bonds is 4. The van der Waals surface area contributed by atoms with Crippen molar-refractivity contribution in [3.63, 3.8) is 0 Å². The molecule has 8 nitrogen and oxygen atoms in total. The standard InChI is InChI=1S/C27H23N7O/c35-22-14-28-10-9-20(22)32-27-24-18(15-4-3-5-15)12-29-13-21(24)33-25(34-27)17-8-11-30-26-23(17)16-6-1-2-7-19(16)31-26/h1-8,11-13,20,22,28,35H,9-10,14H2,(H,30,31)(H,32,33,34)/t20-,22-/m1/s1. The summed E-state index contributed by atoms with van der Waals surface area (Å²) < 4.78 is 0. The number of anilines is 1. The van der Waals surface area contributed by atoms with Gasteiger partial charge in [-0.1, -0.05) is 36.4 Å². The summed E-state index contributed by atoms with van der Waals surface area (Å²) in [5.74, 6) is 1.30. The van der Waals surface area contributed by atoms with E-state index in [1.807, 2.05) is 36.5 Å². The molecule has 2 aliphatic rings. The van der Waals surface area contributed by atoms with Gasteiger partial charge >= 0.3 is 0 Å². The van der Waals surface area contributed by atoms with Crippen LogP contribution in [0.3, 0.4) is 0 Å². The number of fused-ring (bicyclic) bond motifs is 4. The van der Waals surface area contributed by atoms with Crippen molar-refractivity contribution < 1.29 is 5.11 Å². The fraction of sp³-hybridized carbons (Fsp3) is 0.185. The van der Waals surface area contributed by atoms with Gasteiger partial charge in [0.15, 0.2) is 5.82 Å². The highest BCUT2D eigenvalue weighted by atomic mass is 16.3. The molecule has 0 spiro atoms. The van der Waals surface area contributed by atoms with Crippen molar-refractivity contribution in [1.82, 2.24) is 30.2 Å². The zero-order valence-corrected chi connectivity index (χ0v) is 18.9. The third kappa shape index (κ3) is 3.30. The van der Waals surface area contributed by atoms with Crippen molar-refractivity contribution in [2.24, 2.45) is 0 Å². The molecule has 35 heavy (non-hydrogen) atoms. The van der Waals surface area contributed by atoms with Crippen molar-refractivity contribution in [3.05, 3.63) is 72.7 Å². The number of allylic oxidation sites excluding steroid dienone is 4. The Morgan fingerprint density at radius 3 is 2.80 bits per heavy atom. The number of aliphatic hydroxyl groups excluding tert-OH is 1. The summed E-state index contributed by atoms with van der Waals surface area (Å²) >= 11 is 0. The van der Waals surface area contributed by atoms with Crippen molar-refractivity contribution in [3.8, 4) is 11.4 Å². The van der Waals surface area contributed by atoms with Crippen LogP contribution in [-0.4, -0.2) is 55.3 Å². The predicted octanol–water partition coefficient (Wildman–Crippen LogP) is 3.81. The number of nitrogens with one attached hydrogen (secondary N) is 3. The number of pyridine rings is 2. The molecule has 5 aromatic rings. The summed E-state index contributed by atoms with van der Waals surface area (Å²) in [6.07, 6.45) is 11.8. The Kier molecular flexibility index (Phi) is 4.61. The average Bonchev–Trinajstić information content (AvgIpc) is 3.23. The lowest BCUT2D eigenvalue weighted by Crippen LogP contribution is -2.47. The van der Waals surface area contributed by atoms with Crippen LogP contribution in [-0.2, 0) is 0 Å². The summed E-state index contributed by atoms with van der Waals surface area (Å²) in [4.78, 5) is 22.5. The normalized spacial score (nSPS) is 19.7. The molecule has 4 aromatic heterocycles. The van der Waals surface area contributed by atoms with E-state index < -0.39 is 6.10 Å². The first-order valence-electron chi connectivity index (χ1n) is 11.8. The molecule has 0 bridgehead atoms. The molecule has 1 saturated heterocycles. The van der Waals surface area contributed by atoms with Crippen LogP contribution in [0.1, 0.15) is 12.0 Å². The Morgan fingerprint density at radius 2 is 1.94 bits per heavy atom. The fourth-order valence-corrected chi connectivity index (χ4v) is 5.04. The zero-order chi connectivity index (χ0) is 23.4. The molecule has 8 heteroatoms. The first-order chi connectivity index (χ1) is 17.3. The summed E-state index contributed by atoms with van der Waals surface area (Å²) in [6, 6.07) is 10.0. The van der Waals surface area contributed by atoms with Crippen LogP contribution in [0.15, 0.2) is 67.2 Å². The largest absolute Gasteiger partial charge is 0.390 e. The van der Waals surface area contributed by atoms with E-state index in [4.69, 9.17) is 9.97 Å². The monoisotopic (exact) mass is 461 g/mol. The number of aromatic amines is 1. The van der Waals surface area contributed by atoms with Gasteiger partial charge in [-0.25, -0.2) is 15.0 Å². The van der Waals surface area contributed by atoms with Crippen molar-refractivity contribution in [2.75, 3.05) is 18.4 Å². The Labute approximate surface area is 200 Å². The number of aromatic nitrogens is 5. The highest BCUT2D eigenvalue weighted by Crippen LogP contribution is 2.37. The first-order valence-corrected chi connectivity index (χ1v) is 11.8. The molecule has 1 aliphatic heterocycles. The smallest absolute Gasteiger partial charge is 0.163 e. The minimum Gasteiger partial charge on any atom is -0.390 e. The van der Waals surface area contributed by atoms with E-state index >= 15 is 0 Å². The van der Waals surface area contributed by atoms with Gasteiger partial charge in [0.05, 0.1) is 29.2 Å². The number of β-amino-alcohol motifs (C(OH)–C–C–N with tert-alkyl or cyclic N) is 1. The Bertz CT molecular complexity index is 1670. The van der Waals surface area contributed by atoms with Gasteiger partial charge in [-0.15, -0.1) is 0 Å². The van der Waals surface area contributed by atoms with Crippen LogP contribution in [0.2, 0.25) is 0 Å². The lowest BCUT2D eigenvalue weighted by Gasteiger charge is -2.30. The quantitative estimate of drug-likeness (QED) is 0.322. The second kappa shape index (κ2) is 7.97. The minimum atomic E-state index is -0.508. The number of benzene rings is 1. The van der Waals surface area contributed by atoms with Gasteiger partial charge in [-0.05, 0) is 30.7 Å². The summed E-state index contributed by atoms with van der Waals surface area (Å²) in [6.45, 7) is 1.39. The third-order valence-corrected chi connectivity index (χ3v) is 6.88. The minimum absolute atomic E-state index is 0.111. The molecule has 4 N–H and O–H groups in total. The van der Waals surface area contributed by atoms with E-state index in [1.54, 1.807) is 12.4 Å². The predicted molar refractivity (Wildman–Crippen MR) is 138 cm³/mol. The number of H-pyrrole nitrogens is 1. The van der Waals surface area contributed by atoms with Gasteiger partial charge < -0.3 is 20.7 Å². The van der Waals surface area contributed by atoms with Gasteiger partial charge in [-0.2, -0.15) is 0 Å². The number of nitrogens with zero attached hydrogens (tertiary/aromatic N) is 4. The average molecular weight is 462 g/mol. The van der Waals surface area contributed by atoms with Gasteiger partial charge in [0.1, 0.15) is 11.5 Å². The molecule has 2 atom stereocenters. The topological polar surface area (TPSA) is 112 Å². The highest BCUT2D eigenvalue weighted by molar-refractivity contribution is 6.12. The molecule has 7 rings (SSSR count). The van der Waals surface area contributed by atoms with Crippen molar-refractivity contribution in [2.45, 2.75) is 18.6 Å². The Morgan fingerprint density at radius 1 is 1.03 bits per heavy atom. The van der Waals surface area contributed by atoms with Crippen LogP contribution >= 0.6 is 0 Å². The summed E-state index contributed by atoms with van der Waals surface area (Å²) in [7, 11) is 0. The highest BCUT2D eigenvalue weighted by Gasteiger charge is 2.26. The summed E-state index contributed by atoms with van der Waals surface area (Å²) in [5, 5.41) is 20.4. The van der Waals surface area contributed by atoms with Crippen molar-refractivity contribution in [1.29, 1.82) is 0 Å². The van der Waals surface area contributed by atoms with Crippen LogP contribution < -0.4 is 10.6 Å². The van der Waals surface area contributed by atoms with E-state index in [2.05, 4.69) is 43.8 Å². The van der Waals surface area contributed by atoms with Gasteiger partial charge in [0, 0.05) is 46.4 Å². The number of piperidine rings is 1. The number of hydrogen-bond donors (Lipinski definition) is 4. The van der Waals surface area contributed by atoms with Gasteiger partial charge in [-0.3, -0.25) is 4.98 Å². The van der Waals surface area contributed by atoms with Gasteiger partial charge in [0.2, 0.25) is 0 Å². The van der Waals surface area contributed by atoms with E-state index in [-0.39, 0.29) is 6.04 Å². The zero-order valence-electron chi connectivity index (χ0n) is 18.9. The Hall–Kier alpha value is -4.14. The van der Waals surface area contributed by atoms with E-state index in [9.17, 15) is 5.11 Å². The van der Waals surface area contributed by atoms with Crippen molar-refractivity contribution >= 4 is 44.2 Å². The Balaban J connectivity index is 1.47. The molecule has 172 valence electrons. The van der Waals surface area contributed by atoms with Gasteiger partial charge in [0.25, 0.3) is 0 Å². The van der Waals surface area contributed by atoms with Crippen LogP contribution in [0.25, 0.3) is 49.8 Å². The molecular formula is C27H23N7O. The maximum Gasteiger partial charge on any atom is 0.163 e. The lowest BCUT2D eigenvalue weighted by molar-refractivity contribution is 0.128. The molecule has 1 aromatic carbocycles. The molecule has 1 fully saturated rings. The van der Waals surface area contributed by atoms with Crippen LogP contribution in [0.4, 0.5) is 5.82 Å². The second-order valence-corrected chi connectivity index (χ2v) is 9.02. The second-order valence-electron chi connectivity index (χ2n) is 9.02. The van der Waals surface area contributed by atoms with E-state index in [0.717, 1.165) is 62.5 Å². The lowest BCUT2D eigenvalue weighted by atomic mass is 9.97. The molecule has 0 radical (unpaired) electrons. The fourth-order valence-electron chi connectivity index (χ4n) is 5.04. The molecule has 0 saturated carbocycles. The molecule has 0 unspecified atom stereocenters. The maximum absolute atomic E-state index is 10.6. The van der Waals surface area contributed by atoms with E-state index in [0.29, 0.717) is 18.2 Å². The SMILES string of the molecule is O[C@@H]1CNCC[C@H]1Nc1nc(-c2ccnc3[nH]c4ccccc4c23)nc2cncc(C3=CC=C3)c12. The molecule has 1 aliphatic carbocycles. The number of hydrogen-bond acceptors (Lipinski definition) is 7. The first kappa shape index (κ1) is 20.3. The molecule has 5 heterocycles. The van der Waals surface area contributed by atoms with E-state index in [1.165, 1.54) is 0 Å². The van der Waals surface area contributed by atoms with Crippen LogP contribution in [0.5, 0.6) is 0 Å². The van der Waals surface area contributed by atoms with Crippen LogP contribution in [0, 0.1) is 0 Å². The summed E-state index contributed by atoms with van der Waals surface area (Å²) in [5.41, 5.74) is 5.55. The molecular weight excluding hydrogens is 438 g/mol. The third-order valence-electron chi connectivity index (χ3n) is 6.88. The number of aliphatic hydroxyl groups is 1.